The molecular weight excluding hydrogens is 318 g/mol. The molecule has 0 saturated heterocycles. The highest BCUT2D eigenvalue weighted by atomic mass is 16.5. The van der Waals surface area contributed by atoms with E-state index < -0.39 is 0 Å². The van der Waals surface area contributed by atoms with Crippen molar-refractivity contribution in [2.45, 2.75) is 31.8 Å². The van der Waals surface area contributed by atoms with Crippen LogP contribution in [0.4, 0.5) is 0 Å². The number of amides is 1. The number of nitrogens with zero attached hydrogens (tertiary/aromatic N) is 1. The lowest BCUT2D eigenvalue weighted by Crippen LogP contribution is -2.34. The normalized spacial score (nSPS) is 15.1. The number of furan rings is 1. The van der Waals surface area contributed by atoms with Crippen LogP contribution in [0.15, 0.2) is 53.2 Å². The van der Waals surface area contributed by atoms with Gasteiger partial charge >= 0.3 is 5.97 Å². The number of carbonyl (C=O) groups is 2. The highest BCUT2D eigenvalue weighted by Crippen LogP contribution is 2.34. The molecule has 1 aliphatic rings. The Bertz CT molecular complexity index is 758. The maximum atomic E-state index is 12.7. The van der Waals surface area contributed by atoms with Gasteiger partial charge in [-0.15, -0.1) is 0 Å². The summed E-state index contributed by atoms with van der Waals surface area (Å²) in [4.78, 5) is 26.0. The average molecular weight is 339 g/mol. The van der Waals surface area contributed by atoms with Gasteiger partial charge in [0.15, 0.2) is 0 Å². The van der Waals surface area contributed by atoms with E-state index in [-0.39, 0.29) is 24.0 Å². The van der Waals surface area contributed by atoms with Gasteiger partial charge in [0.05, 0.1) is 25.0 Å². The fourth-order valence-corrected chi connectivity index (χ4v) is 2.81. The molecule has 130 valence electrons. The van der Waals surface area contributed by atoms with Crippen LogP contribution in [0.2, 0.25) is 0 Å². The summed E-state index contributed by atoms with van der Waals surface area (Å²) in [6.45, 7) is 1.98. The highest BCUT2D eigenvalue weighted by Gasteiger charge is 2.36. The van der Waals surface area contributed by atoms with Gasteiger partial charge < -0.3 is 14.1 Å². The Morgan fingerprint density at radius 2 is 1.96 bits per heavy atom. The van der Waals surface area contributed by atoms with E-state index in [1.54, 1.807) is 42.7 Å². The lowest BCUT2D eigenvalue weighted by atomic mass is 10.1. The van der Waals surface area contributed by atoms with Gasteiger partial charge in [0.2, 0.25) is 5.91 Å². The highest BCUT2D eigenvalue weighted by molar-refractivity contribution is 5.93. The molecule has 3 rings (SSSR count). The van der Waals surface area contributed by atoms with Gasteiger partial charge in [-0.3, -0.25) is 4.79 Å². The standard InChI is InChI=1S/C20H21NO4/c1-14(18-4-3-13-25-18)21(17-10-11-17)19(22)12-7-15-5-8-16(9-6-15)20(23)24-2/h3-9,12-14,17H,10-11H2,1-2H3/b12-7+. The minimum atomic E-state index is -0.376. The second-order valence-corrected chi connectivity index (χ2v) is 6.11. The van der Waals surface area contributed by atoms with Crippen molar-refractivity contribution in [3.63, 3.8) is 0 Å². The summed E-state index contributed by atoms with van der Waals surface area (Å²) in [5.74, 6) is 0.373. The van der Waals surface area contributed by atoms with Crippen LogP contribution in [-0.2, 0) is 9.53 Å². The van der Waals surface area contributed by atoms with Crippen molar-refractivity contribution in [3.05, 3.63) is 65.6 Å². The fraction of sp³-hybridized carbons (Fsp3) is 0.300. The Hall–Kier alpha value is -2.82. The van der Waals surface area contributed by atoms with Gasteiger partial charge in [-0.1, -0.05) is 12.1 Å². The van der Waals surface area contributed by atoms with Crippen LogP contribution < -0.4 is 0 Å². The van der Waals surface area contributed by atoms with Crippen molar-refractivity contribution in [1.82, 2.24) is 4.90 Å². The number of methoxy groups -OCH3 is 1. The summed E-state index contributed by atoms with van der Waals surface area (Å²) < 4.78 is 10.1. The maximum Gasteiger partial charge on any atom is 0.337 e. The van der Waals surface area contributed by atoms with Gasteiger partial charge in [0.1, 0.15) is 5.76 Å². The maximum absolute atomic E-state index is 12.7. The SMILES string of the molecule is COC(=O)c1ccc(/C=C/C(=O)N(C2CC2)C(C)c2ccco2)cc1. The monoisotopic (exact) mass is 339 g/mol. The van der Waals surface area contributed by atoms with E-state index in [9.17, 15) is 9.59 Å². The summed E-state index contributed by atoms with van der Waals surface area (Å²) in [6, 6.07) is 10.8. The molecule has 1 saturated carbocycles. The number of rotatable bonds is 6. The molecule has 1 unspecified atom stereocenters. The van der Waals surface area contributed by atoms with Crippen molar-refractivity contribution < 1.29 is 18.7 Å². The van der Waals surface area contributed by atoms with Gasteiger partial charge in [0, 0.05) is 12.1 Å². The van der Waals surface area contributed by atoms with Crippen molar-refractivity contribution >= 4 is 18.0 Å². The molecule has 0 N–H and O–H groups in total. The second kappa shape index (κ2) is 7.38. The molecule has 0 bridgehead atoms. The predicted octanol–water partition coefficient (Wildman–Crippen LogP) is 3.83. The first-order chi connectivity index (χ1) is 12.1. The molecule has 5 nitrogen and oxygen atoms in total. The number of esters is 1. The smallest absolute Gasteiger partial charge is 0.337 e. The summed E-state index contributed by atoms with van der Waals surface area (Å²) in [6.07, 6.45) is 7.01. The van der Waals surface area contributed by atoms with Crippen molar-refractivity contribution in [2.24, 2.45) is 0 Å². The molecule has 0 aliphatic heterocycles. The summed E-state index contributed by atoms with van der Waals surface area (Å²) >= 11 is 0. The van der Waals surface area contributed by atoms with E-state index >= 15 is 0 Å². The number of carbonyl (C=O) groups excluding carboxylic acids is 2. The first-order valence-electron chi connectivity index (χ1n) is 8.32. The van der Waals surface area contributed by atoms with Crippen molar-refractivity contribution in [3.8, 4) is 0 Å². The van der Waals surface area contributed by atoms with E-state index in [2.05, 4.69) is 4.74 Å². The molecule has 0 spiro atoms. The molecule has 1 amide bonds. The molecule has 5 heteroatoms. The lowest BCUT2D eigenvalue weighted by Gasteiger charge is -2.26. The summed E-state index contributed by atoms with van der Waals surface area (Å²) in [5.41, 5.74) is 1.33. The van der Waals surface area contributed by atoms with Gasteiger partial charge in [-0.2, -0.15) is 0 Å². The number of ether oxygens (including phenoxy) is 1. The van der Waals surface area contributed by atoms with Crippen LogP contribution in [0, 0.1) is 0 Å². The molecule has 0 radical (unpaired) electrons. The van der Waals surface area contributed by atoms with Gasteiger partial charge in [-0.05, 0) is 55.7 Å². The Morgan fingerprint density at radius 3 is 2.52 bits per heavy atom. The number of benzene rings is 1. The minimum absolute atomic E-state index is 0.0385. The quantitative estimate of drug-likeness (QED) is 0.593. The Labute approximate surface area is 146 Å². The van der Waals surface area contributed by atoms with Crippen molar-refractivity contribution in [1.29, 1.82) is 0 Å². The zero-order chi connectivity index (χ0) is 17.8. The number of hydrogen-bond donors (Lipinski definition) is 0. The Balaban J connectivity index is 1.71. The molecule has 1 heterocycles. The van der Waals surface area contributed by atoms with E-state index in [1.807, 2.05) is 24.0 Å². The average Bonchev–Trinajstić information content (AvgIpc) is 3.31. The fourth-order valence-electron chi connectivity index (χ4n) is 2.81. The third kappa shape index (κ3) is 3.99. The van der Waals surface area contributed by atoms with E-state index in [0.29, 0.717) is 5.56 Å². The summed E-state index contributed by atoms with van der Waals surface area (Å²) in [7, 11) is 1.35. The number of hydrogen-bond acceptors (Lipinski definition) is 4. The molecule has 1 aliphatic carbocycles. The molecular formula is C20H21NO4. The molecule has 1 fully saturated rings. The summed E-state index contributed by atoms with van der Waals surface area (Å²) in [5, 5.41) is 0. The predicted molar refractivity (Wildman–Crippen MR) is 93.8 cm³/mol. The van der Waals surface area contributed by atoms with Crippen LogP contribution in [-0.4, -0.2) is 29.9 Å². The molecule has 1 atom stereocenters. The third-order valence-corrected chi connectivity index (χ3v) is 4.32. The van der Waals surface area contributed by atoms with E-state index in [0.717, 1.165) is 24.2 Å². The molecule has 2 aromatic rings. The Kier molecular flexibility index (Phi) is 5.03. The van der Waals surface area contributed by atoms with Gasteiger partial charge in [0.25, 0.3) is 0 Å². The zero-order valence-electron chi connectivity index (χ0n) is 14.3. The zero-order valence-corrected chi connectivity index (χ0v) is 14.3. The first-order valence-corrected chi connectivity index (χ1v) is 8.32. The molecule has 25 heavy (non-hydrogen) atoms. The lowest BCUT2D eigenvalue weighted by molar-refractivity contribution is -0.129. The Morgan fingerprint density at radius 1 is 1.24 bits per heavy atom. The van der Waals surface area contributed by atoms with E-state index in [1.165, 1.54) is 7.11 Å². The van der Waals surface area contributed by atoms with E-state index in [4.69, 9.17) is 4.42 Å². The van der Waals surface area contributed by atoms with Crippen molar-refractivity contribution in [2.75, 3.05) is 7.11 Å². The van der Waals surface area contributed by atoms with Gasteiger partial charge in [-0.25, -0.2) is 4.79 Å². The second-order valence-electron chi connectivity index (χ2n) is 6.11. The van der Waals surface area contributed by atoms with Crippen LogP contribution in [0.5, 0.6) is 0 Å². The first kappa shape index (κ1) is 17.0. The molecule has 1 aromatic heterocycles. The largest absolute Gasteiger partial charge is 0.467 e. The van der Waals surface area contributed by atoms with Crippen LogP contribution in [0.1, 0.15) is 47.5 Å². The third-order valence-electron chi connectivity index (χ3n) is 4.32. The molecule has 1 aromatic carbocycles. The van der Waals surface area contributed by atoms with Crippen LogP contribution in [0.25, 0.3) is 6.08 Å². The minimum Gasteiger partial charge on any atom is -0.467 e. The van der Waals surface area contributed by atoms with Crippen LogP contribution >= 0.6 is 0 Å². The topological polar surface area (TPSA) is 59.8 Å². The van der Waals surface area contributed by atoms with Crippen LogP contribution in [0.3, 0.4) is 0 Å².